The molecule has 0 N–H and O–H groups in total. The van der Waals surface area contributed by atoms with E-state index in [9.17, 15) is 22.8 Å². The number of rotatable bonds is 7. The van der Waals surface area contributed by atoms with Crippen molar-refractivity contribution in [1.82, 2.24) is 19.7 Å². The first kappa shape index (κ1) is 31.9. The van der Waals surface area contributed by atoms with Gasteiger partial charge in [0, 0.05) is 62.7 Å². The molecule has 240 valence electrons. The lowest BCUT2D eigenvalue weighted by atomic mass is 9.94. The molecule has 1 atom stereocenters. The average molecular weight is 647 g/mol. The third-order valence-corrected chi connectivity index (χ3v) is 10.1. The van der Waals surface area contributed by atoms with Crippen molar-refractivity contribution in [1.29, 1.82) is 0 Å². The SMILES string of the molecule is CC(CN1CCN(C(=O)c2csc(C3CCN(C(=O)c4ccccc4-c4ccc(C(F)(F)F)cc4)CC3)n2)CC1)c1ccccc1. The largest absolute Gasteiger partial charge is 0.416 e. The van der Waals surface area contributed by atoms with E-state index in [2.05, 4.69) is 36.1 Å². The Morgan fingerprint density at radius 3 is 2.13 bits per heavy atom. The van der Waals surface area contributed by atoms with Crippen LogP contribution in [0.4, 0.5) is 13.2 Å². The molecule has 10 heteroatoms. The van der Waals surface area contributed by atoms with Gasteiger partial charge in [0.05, 0.1) is 10.6 Å². The molecule has 2 aliphatic heterocycles. The molecular weight excluding hydrogens is 609 g/mol. The summed E-state index contributed by atoms with van der Waals surface area (Å²) in [6, 6.07) is 22.5. The Labute approximate surface area is 271 Å². The van der Waals surface area contributed by atoms with Crippen LogP contribution in [0.3, 0.4) is 0 Å². The molecule has 46 heavy (non-hydrogen) atoms. The number of nitrogens with zero attached hydrogens (tertiary/aromatic N) is 4. The van der Waals surface area contributed by atoms with Crippen molar-refractivity contribution in [3.63, 3.8) is 0 Å². The molecule has 2 aliphatic rings. The van der Waals surface area contributed by atoms with Crippen molar-refractivity contribution >= 4 is 23.2 Å². The molecule has 1 aromatic heterocycles. The number of piperazine rings is 1. The second-order valence-electron chi connectivity index (χ2n) is 12.2. The lowest BCUT2D eigenvalue weighted by Gasteiger charge is -2.35. The first-order chi connectivity index (χ1) is 22.2. The highest BCUT2D eigenvalue weighted by atomic mass is 32.1. The third kappa shape index (κ3) is 7.18. The molecule has 0 radical (unpaired) electrons. The summed E-state index contributed by atoms with van der Waals surface area (Å²) in [5.41, 5.74) is 2.75. The maximum atomic E-state index is 13.6. The Morgan fingerprint density at radius 1 is 0.826 bits per heavy atom. The maximum Gasteiger partial charge on any atom is 0.416 e. The number of halogens is 3. The minimum Gasteiger partial charge on any atom is -0.339 e. The number of benzene rings is 3. The Morgan fingerprint density at radius 2 is 1.46 bits per heavy atom. The zero-order chi connectivity index (χ0) is 32.3. The van der Waals surface area contributed by atoms with Gasteiger partial charge in [-0.2, -0.15) is 13.2 Å². The van der Waals surface area contributed by atoms with Gasteiger partial charge in [-0.1, -0.05) is 67.6 Å². The molecule has 4 aromatic rings. The van der Waals surface area contributed by atoms with Crippen LogP contribution >= 0.6 is 11.3 Å². The second-order valence-corrected chi connectivity index (χ2v) is 13.1. The minimum absolute atomic E-state index is 0.0225. The summed E-state index contributed by atoms with van der Waals surface area (Å²) in [6.45, 7) is 7.33. The van der Waals surface area contributed by atoms with Crippen LogP contribution in [0.15, 0.2) is 84.2 Å². The van der Waals surface area contributed by atoms with Crippen LogP contribution in [-0.4, -0.2) is 77.3 Å². The Kier molecular flexibility index (Phi) is 9.56. The molecule has 0 spiro atoms. The number of piperidine rings is 1. The fourth-order valence-corrected chi connectivity index (χ4v) is 7.37. The van der Waals surface area contributed by atoms with Gasteiger partial charge in [-0.25, -0.2) is 4.98 Å². The summed E-state index contributed by atoms with van der Waals surface area (Å²) in [4.78, 5) is 37.7. The predicted molar refractivity (Wildman–Crippen MR) is 174 cm³/mol. The summed E-state index contributed by atoms with van der Waals surface area (Å²) >= 11 is 1.51. The highest BCUT2D eigenvalue weighted by Crippen LogP contribution is 2.34. The van der Waals surface area contributed by atoms with Gasteiger partial charge < -0.3 is 9.80 Å². The second kappa shape index (κ2) is 13.8. The Bertz CT molecular complexity index is 1640. The average Bonchev–Trinajstić information content (AvgIpc) is 3.59. The number of alkyl halides is 3. The highest BCUT2D eigenvalue weighted by molar-refractivity contribution is 7.09. The van der Waals surface area contributed by atoms with Gasteiger partial charge in [0.15, 0.2) is 0 Å². The van der Waals surface area contributed by atoms with E-state index in [1.54, 1.807) is 29.2 Å². The molecule has 6 nitrogen and oxygen atoms in total. The van der Waals surface area contributed by atoms with Crippen molar-refractivity contribution < 1.29 is 22.8 Å². The van der Waals surface area contributed by atoms with E-state index >= 15 is 0 Å². The summed E-state index contributed by atoms with van der Waals surface area (Å²) in [5, 5.41) is 2.79. The maximum absolute atomic E-state index is 13.6. The van der Waals surface area contributed by atoms with Gasteiger partial charge in [0.25, 0.3) is 11.8 Å². The van der Waals surface area contributed by atoms with Crippen LogP contribution in [0, 0.1) is 0 Å². The van der Waals surface area contributed by atoms with Crippen LogP contribution < -0.4 is 0 Å². The number of carbonyl (C=O) groups is 2. The van der Waals surface area contributed by atoms with Crippen LogP contribution in [-0.2, 0) is 6.18 Å². The molecule has 1 unspecified atom stereocenters. The Balaban J connectivity index is 1.02. The van der Waals surface area contributed by atoms with Gasteiger partial charge in [-0.3, -0.25) is 14.5 Å². The smallest absolute Gasteiger partial charge is 0.339 e. The fourth-order valence-electron chi connectivity index (χ4n) is 6.40. The molecule has 2 saturated heterocycles. The van der Waals surface area contributed by atoms with Gasteiger partial charge in [-0.15, -0.1) is 11.3 Å². The number of hydrogen-bond donors (Lipinski definition) is 0. The molecule has 0 saturated carbocycles. The molecular formula is C36H37F3N4O2S. The lowest BCUT2D eigenvalue weighted by molar-refractivity contribution is -0.137. The summed E-state index contributed by atoms with van der Waals surface area (Å²) < 4.78 is 39.2. The monoisotopic (exact) mass is 646 g/mol. The zero-order valence-electron chi connectivity index (χ0n) is 25.7. The molecule has 2 fully saturated rings. The van der Waals surface area contributed by atoms with Crippen LogP contribution in [0.25, 0.3) is 11.1 Å². The molecule has 6 rings (SSSR count). The first-order valence-corrected chi connectivity index (χ1v) is 16.6. The zero-order valence-corrected chi connectivity index (χ0v) is 26.6. The van der Waals surface area contributed by atoms with Crippen molar-refractivity contribution in [3.05, 3.63) is 112 Å². The quantitative estimate of drug-likeness (QED) is 0.210. The summed E-state index contributed by atoms with van der Waals surface area (Å²) in [5.74, 6) is 0.434. The van der Waals surface area contributed by atoms with E-state index in [1.807, 2.05) is 16.3 Å². The van der Waals surface area contributed by atoms with E-state index in [4.69, 9.17) is 4.98 Å². The highest BCUT2D eigenvalue weighted by Gasteiger charge is 2.31. The number of hydrogen-bond acceptors (Lipinski definition) is 5. The summed E-state index contributed by atoms with van der Waals surface area (Å²) in [7, 11) is 0. The third-order valence-electron chi connectivity index (χ3n) is 9.11. The lowest BCUT2D eigenvalue weighted by Crippen LogP contribution is -2.49. The van der Waals surface area contributed by atoms with Gasteiger partial charge in [0.2, 0.25) is 0 Å². The van der Waals surface area contributed by atoms with Crippen LogP contribution in [0.1, 0.15) is 68.6 Å². The van der Waals surface area contributed by atoms with Gasteiger partial charge in [-0.05, 0) is 53.6 Å². The minimum atomic E-state index is -4.42. The van der Waals surface area contributed by atoms with Crippen molar-refractivity contribution in [2.75, 3.05) is 45.8 Å². The standard InChI is InChI=1S/C36H37F3N4O2S/c1-25(26-7-3-2-4-8-26)23-41-19-21-43(22-20-41)35(45)32-24-46-33(40-32)28-15-17-42(18-16-28)34(44)31-10-6-5-9-30(31)27-11-13-29(14-12-27)36(37,38)39/h2-14,24-25,28H,15-23H2,1H3. The van der Waals surface area contributed by atoms with Crippen LogP contribution in [0.5, 0.6) is 0 Å². The Hall–Kier alpha value is -4.02. The van der Waals surface area contributed by atoms with Crippen molar-refractivity contribution in [2.24, 2.45) is 0 Å². The molecule has 3 heterocycles. The van der Waals surface area contributed by atoms with E-state index < -0.39 is 11.7 Å². The van der Waals surface area contributed by atoms with Crippen LogP contribution in [0.2, 0.25) is 0 Å². The van der Waals surface area contributed by atoms with Gasteiger partial charge in [0.1, 0.15) is 5.69 Å². The molecule has 0 aliphatic carbocycles. The number of amides is 2. The number of thiazole rings is 1. The van der Waals surface area contributed by atoms with E-state index in [0.717, 1.165) is 49.6 Å². The topological polar surface area (TPSA) is 56.8 Å². The molecule has 0 bridgehead atoms. The number of carbonyl (C=O) groups excluding carboxylic acids is 2. The number of aromatic nitrogens is 1. The van der Waals surface area contributed by atoms with Crippen molar-refractivity contribution in [3.8, 4) is 11.1 Å². The molecule has 2 amide bonds. The first-order valence-electron chi connectivity index (χ1n) is 15.8. The van der Waals surface area contributed by atoms with E-state index in [0.29, 0.717) is 54.5 Å². The molecule has 3 aromatic carbocycles. The fraction of sp³-hybridized carbons (Fsp3) is 0.361. The van der Waals surface area contributed by atoms with E-state index in [-0.39, 0.29) is 17.7 Å². The van der Waals surface area contributed by atoms with Crippen molar-refractivity contribution in [2.45, 2.75) is 37.8 Å². The normalized spacial score (nSPS) is 17.2. The van der Waals surface area contributed by atoms with E-state index in [1.165, 1.54) is 29.0 Å². The number of likely N-dealkylation sites (tertiary alicyclic amines) is 1. The van der Waals surface area contributed by atoms with Gasteiger partial charge >= 0.3 is 6.18 Å². The summed E-state index contributed by atoms with van der Waals surface area (Å²) in [6.07, 6.45) is -2.96. The predicted octanol–water partition coefficient (Wildman–Crippen LogP) is 7.41.